The molecule has 0 bridgehead atoms. The number of fused-ring (bicyclic) bond motifs is 18. The van der Waals surface area contributed by atoms with Gasteiger partial charge in [0, 0.05) is 38.6 Å². The van der Waals surface area contributed by atoms with Crippen LogP contribution < -0.4 is 5.46 Å². The second kappa shape index (κ2) is 29.6. The number of rotatable bonds is 8. The van der Waals surface area contributed by atoms with Crippen molar-refractivity contribution in [1.82, 2.24) is 29.9 Å². The van der Waals surface area contributed by atoms with Crippen LogP contribution in [0.3, 0.4) is 0 Å². The number of nitrogens with zero attached hydrogens (tertiary/aromatic N) is 6. The monoisotopic (exact) mass is 1530 g/mol. The second-order valence-corrected chi connectivity index (χ2v) is 32.6. The molecule has 3 heterocycles. The van der Waals surface area contributed by atoms with Crippen molar-refractivity contribution in [2.75, 3.05) is 0 Å². The fourth-order valence-electron chi connectivity index (χ4n) is 18.7. The van der Waals surface area contributed by atoms with Gasteiger partial charge in [0.25, 0.3) is 0 Å². The minimum Gasteiger partial charge on any atom is -0.399 e. The molecule has 0 radical (unpaired) electrons. The molecule has 0 amide bonds. The highest BCUT2D eigenvalue weighted by atomic mass is 35.5. The quantitative estimate of drug-likeness (QED) is 0.139. The highest BCUT2D eigenvalue weighted by molar-refractivity contribution is 6.64. The van der Waals surface area contributed by atoms with Crippen molar-refractivity contribution >= 4 is 24.2 Å². The highest BCUT2D eigenvalue weighted by Crippen LogP contribution is 2.65. The number of benzene rings is 14. The summed E-state index contributed by atoms with van der Waals surface area (Å²) in [4.78, 5) is 28.8. The zero-order valence-corrected chi connectivity index (χ0v) is 66.1. The highest BCUT2D eigenvalue weighted by Gasteiger charge is 2.58. The van der Waals surface area contributed by atoms with Gasteiger partial charge in [-0.05, 0) is 168 Å². The Balaban J connectivity index is 0.000000132. The van der Waals surface area contributed by atoms with E-state index in [0.29, 0.717) is 29.1 Å². The fraction of sp³-hybridized carbons (Fsp3) is 0.143. The summed E-state index contributed by atoms with van der Waals surface area (Å²) in [5.41, 5.74) is 29.4. The Kier molecular flexibility index (Phi) is 19.4. The average Bonchev–Trinajstić information content (AvgIpc) is 1.46. The molecule has 0 atom stereocenters. The van der Waals surface area contributed by atoms with Gasteiger partial charge in [-0.2, -0.15) is 9.97 Å². The van der Waals surface area contributed by atoms with Crippen LogP contribution in [-0.2, 0) is 31.0 Å². The molecule has 1 fully saturated rings. The predicted molar refractivity (Wildman–Crippen MR) is 473 cm³/mol. The van der Waals surface area contributed by atoms with Gasteiger partial charge in [-0.25, -0.2) is 19.9 Å². The minimum atomic E-state index is -0.493. The van der Waals surface area contributed by atoms with Crippen LogP contribution in [0.5, 0.6) is 0 Å². The van der Waals surface area contributed by atoms with Gasteiger partial charge in [0.15, 0.2) is 29.1 Å². The topological polar surface area (TPSA) is 95.8 Å². The Morgan fingerprint density at radius 1 is 0.241 bits per heavy atom. The van der Waals surface area contributed by atoms with Gasteiger partial charge < -0.3 is 9.31 Å². The van der Waals surface area contributed by atoms with E-state index in [1.165, 1.54) is 89.0 Å². The molecule has 2 spiro atoms. The first-order valence-corrected chi connectivity index (χ1v) is 39.7. The van der Waals surface area contributed by atoms with E-state index in [1.54, 1.807) is 0 Å². The van der Waals surface area contributed by atoms with Crippen LogP contribution >= 0.6 is 11.6 Å². The normalized spacial score (nSPS) is 15.3. The molecule has 0 N–H and O–H groups in total. The lowest BCUT2D eigenvalue weighted by molar-refractivity contribution is 0.00578. The van der Waals surface area contributed by atoms with Crippen molar-refractivity contribution in [1.29, 1.82) is 0 Å². The third-order valence-electron chi connectivity index (χ3n) is 24.7. The van der Waals surface area contributed by atoms with Crippen molar-refractivity contribution in [3.8, 4) is 101 Å². The van der Waals surface area contributed by atoms with E-state index in [2.05, 4.69) is 337 Å². The van der Waals surface area contributed by atoms with Gasteiger partial charge in [-0.15, -0.1) is 0 Å². The lowest BCUT2D eigenvalue weighted by Crippen LogP contribution is -2.41. The molecule has 11 heteroatoms. The zero-order chi connectivity index (χ0) is 77.7. The number of hydrogen-bond acceptors (Lipinski definition) is 8. The van der Waals surface area contributed by atoms with E-state index >= 15 is 0 Å². The maximum Gasteiger partial charge on any atom is 0.495 e. The first-order chi connectivity index (χ1) is 55.4. The summed E-state index contributed by atoms with van der Waals surface area (Å²) in [6.07, 6.45) is 0. The van der Waals surface area contributed by atoms with E-state index in [1.807, 2.05) is 84.9 Å². The first kappa shape index (κ1) is 76.0. The molecular formula is C105H87BClFN6O2. The first-order valence-electron chi connectivity index (χ1n) is 39.3. The summed E-state index contributed by atoms with van der Waals surface area (Å²) in [6.45, 7) is 17.9. The molecule has 566 valence electrons. The van der Waals surface area contributed by atoms with Crippen molar-refractivity contribution in [2.24, 2.45) is 0 Å². The van der Waals surface area contributed by atoms with Gasteiger partial charge in [0.05, 0.1) is 22.0 Å². The summed E-state index contributed by atoms with van der Waals surface area (Å²) in [7, 11) is -0.423. The molecule has 8 nitrogen and oxygen atoms in total. The van der Waals surface area contributed by atoms with E-state index in [-0.39, 0.29) is 28.2 Å². The summed E-state index contributed by atoms with van der Waals surface area (Å²) in [6, 6.07) is 125. The third kappa shape index (κ3) is 12.3. The van der Waals surface area contributed by atoms with Gasteiger partial charge in [-0.3, -0.25) is 4.70 Å². The van der Waals surface area contributed by atoms with Gasteiger partial charge in [0.1, 0.15) is 0 Å². The van der Waals surface area contributed by atoms with Gasteiger partial charge in [0.2, 0.25) is 5.28 Å². The molecular weight excluding hydrogens is 1440 g/mol. The molecule has 16 aromatic rings. The van der Waals surface area contributed by atoms with E-state index in [9.17, 15) is 0 Å². The third-order valence-corrected chi connectivity index (χ3v) is 24.9. The summed E-state index contributed by atoms with van der Waals surface area (Å²) in [5, 5.41) is 0.189. The van der Waals surface area contributed by atoms with Crippen molar-refractivity contribution in [3.63, 3.8) is 0 Å². The number of hydrogen-bond donors (Lipinski definition) is 0. The molecule has 14 aromatic carbocycles. The molecule has 116 heavy (non-hydrogen) atoms. The van der Waals surface area contributed by atoms with Crippen LogP contribution in [0.4, 0.5) is 4.70 Å². The Morgan fingerprint density at radius 3 is 0.922 bits per heavy atom. The lowest BCUT2D eigenvalue weighted by Gasteiger charge is -2.46. The second-order valence-electron chi connectivity index (χ2n) is 32.3. The van der Waals surface area contributed by atoms with Gasteiger partial charge in [-0.1, -0.05) is 375 Å². The van der Waals surface area contributed by atoms with Crippen LogP contribution in [0.1, 0.15) is 130 Å². The SMILES string of the molecule is C.CC1(C)c2ccccc2C2(c3ccccc3-c3c(-c4nc(-c5ccccc5)nc(-c5cccc(-c6ccccc6)c5)n4)cccc32)c2ccccc21.CC1(C)c2ccccc2C2(c3ccccc3-c3c(B4OC(C)(C)C(C)(C)O4)cccc32)c2ccccc21.Clc1nc(-c2ccccc2)nc(-c2cccc(-c3ccccc3)c2)n1.F. The molecule has 1 saturated heterocycles. The van der Waals surface area contributed by atoms with Crippen LogP contribution in [0, 0.1) is 0 Å². The Labute approximate surface area is 684 Å². The standard InChI is InChI=1S/C49H35N3.C34H33BO2.C21H14ClN3.CH4.FH/c1-48(2)39-26-11-13-28-41(39)49(42-29-14-12-27-40(42)48)38-25-10-9-23-36(38)44-37(24-16-30-43(44)49)47-51-45(33-19-7-4-8-20-33)50-46(52-47)35-22-15-21-34(31-35)32-17-5-3-6-18-32;1-31(2)24-16-9-11-18-26(24)34(27-19-12-10-17-25(27)31)23-15-8-7-14-22(23)30-28(34)20-13-21-29(30)35-36-32(3,4)33(5,6)37-35;22-21-24-19(16-10-5-2-6-11-16)23-20(25-21)18-13-7-12-17(14-18)15-8-3-1-4-9-15;;/h3-31H,1-2H3;7-21H,1-6H3;1-14H;1H4;1H. The molecule has 1 aliphatic heterocycles. The molecule has 4 aliphatic carbocycles. The van der Waals surface area contributed by atoms with E-state index < -0.39 is 29.2 Å². The average molecular weight is 1530 g/mol. The van der Waals surface area contributed by atoms with Crippen LogP contribution in [-0.4, -0.2) is 48.2 Å². The van der Waals surface area contributed by atoms with Crippen LogP contribution in [0.15, 0.2) is 352 Å². The van der Waals surface area contributed by atoms with Crippen LogP contribution in [0.25, 0.3) is 101 Å². The molecule has 0 unspecified atom stereocenters. The van der Waals surface area contributed by atoms with Crippen molar-refractivity contribution in [2.45, 2.75) is 95.7 Å². The van der Waals surface area contributed by atoms with Gasteiger partial charge >= 0.3 is 7.12 Å². The minimum absolute atomic E-state index is 0. The Morgan fingerprint density at radius 2 is 0.509 bits per heavy atom. The summed E-state index contributed by atoms with van der Waals surface area (Å²) in [5.74, 6) is 3.10. The van der Waals surface area contributed by atoms with E-state index in [0.717, 1.165) is 55.5 Å². The number of halogens is 2. The maximum absolute atomic E-state index is 6.62. The maximum atomic E-state index is 6.62. The Hall–Kier alpha value is -12.7. The predicted octanol–water partition coefficient (Wildman–Crippen LogP) is 24.8. The summed E-state index contributed by atoms with van der Waals surface area (Å²) >= 11 is 6.14. The van der Waals surface area contributed by atoms with E-state index in [4.69, 9.17) is 35.9 Å². The molecule has 0 saturated carbocycles. The molecule has 2 aromatic heterocycles. The van der Waals surface area contributed by atoms with Crippen molar-refractivity contribution in [3.05, 3.63) is 424 Å². The summed E-state index contributed by atoms with van der Waals surface area (Å²) < 4.78 is 13.2. The smallest absolute Gasteiger partial charge is 0.399 e. The zero-order valence-electron chi connectivity index (χ0n) is 65.3. The number of aromatic nitrogens is 6. The van der Waals surface area contributed by atoms with Crippen LogP contribution in [0.2, 0.25) is 5.28 Å². The molecule has 5 aliphatic rings. The lowest BCUT2D eigenvalue weighted by atomic mass is 9.55. The molecule has 21 rings (SSSR count). The fourth-order valence-corrected chi connectivity index (χ4v) is 18.8. The Bertz CT molecular complexity index is 6320. The largest absolute Gasteiger partial charge is 0.495 e. The van der Waals surface area contributed by atoms with Crippen molar-refractivity contribution < 1.29 is 14.0 Å².